The van der Waals surface area contributed by atoms with Gasteiger partial charge in [0.25, 0.3) is 11.8 Å². The molecule has 0 aliphatic carbocycles. The second-order valence-corrected chi connectivity index (χ2v) is 9.11. The maximum atomic E-state index is 13.5. The van der Waals surface area contributed by atoms with Crippen molar-refractivity contribution in [1.82, 2.24) is 0 Å². The minimum atomic E-state index is -0.447. The molecule has 2 amide bonds. The maximum absolute atomic E-state index is 13.5. The predicted molar refractivity (Wildman–Crippen MR) is 138 cm³/mol. The highest BCUT2D eigenvalue weighted by molar-refractivity contribution is 8.04. The van der Waals surface area contributed by atoms with Crippen LogP contribution in [0.2, 0.25) is 0 Å². The highest BCUT2D eigenvalue weighted by atomic mass is 32.2. The minimum Gasteiger partial charge on any atom is -0.465 e. The van der Waals surface area contributed by atoms with Crippen LogP contribution in [0.3, 0.4) is 0 Å². The van der Waals surface area contributed by atoms with E-state index in [1.54, 1.807) is 24.3 Å². The number of esters is 1. The summed E-state index contributed by atoms with van der Waals surface area (Å²) in [5, 5.41) is 3.11. The lowest BCUT2D eigenvalue weighted by atomic mass is 10.1. The van der Waals surface area contributed by atoms with Crippen LogP contribution in [0.4, 0.5) is 11.4 Å². The highest BCUT2D eigenvalue weighted by Gasteiger charge is 2.40. The summed E-state index contributed by atoms with van der Waals surface area (Å²) in [6.07, 6.45) is 3.15. The molecule has 3 aromatic rings. The molecule has 1 aliphatic heterocycles. The van der Waals surface area contributed by atoms with Crippen molar-refractivity contribution in [2.24, 2.45) is 0 Å². The van der Waals surface area contributed by atoms with Gasteiger partial charge in [0.05, 0.1) is 18.4 Å². The second-order valence-electron chi connectivity index (χ2n) is 8.03. The molecule has 1 aliphatic rings. The smallest absolute Gasteiger partial charge is 0.337 e. The number of imide groups is 1. The van der Waals surface area contributed by atoms with Gasteiger partial charge in [-0.05, 0) is 66.9 Å². The van der Waals surface area contributed by atoms with Gasteiger partial charge in [-0.15, -0.1) is 0 Å². The number of carbonyl (C=O) groups excluding carboxylic acids is 3. The van der Waals surface area contributed by atoms with E-state index >= 15 is 0 Å². The molecule has 0 spiro atoms. The fraction of sp³-hybridized carbons (Fsp3) is 0.179. The summed E-state index contributed by atoms with van der Waals surface area (Å²) in [7, 11) is 1.32. The Hall–Kier alpha value is -3.84. The van der Waals surface area contributed by atoms with Crippen molar-refractivity contribution in [3.63, 3.8) is 0 Å². The molecule has 35 heavy (non-hydrogen) atoms. The van der Waals surface area contributed by atoms with Gasteiger partial charge in [-0.1, -0.05) is 55.4 Å². The third kappa shape index (κ3) is 5.46. The van der Waals surface area contributed by atoms with Gasteiger partial charge in [0, 0.05) is 10.6 Å². The summed E-state index contributed by atoms with van der Waals surface area (Å²) in [6, 6.07) is 23.6. The van der Waals surface area contributed by atoms with Crippen LogP contribution in [0.25, 0.3) is 0 Å². The average Bonchev–Trinajstić information content (AvgIpc) is 3.12. The Labute approximate surface area is 209 Å². The Morgan fingerprint density at radius 2 is 1.60 bits per heavy atom. The van der Waals surface area contributed by atoms with Gasteiger partial charge in [0.1, 0.15) is 10.6 Å². The normalized spacial score (nSPS) is 13.4. The molecule has 3 aromatic carbocycles. The number of unbranched alkanes of at least 4 members (excludes halogenated alkanes) is 1. The fourth-order valence-electron chi connectivity index (χ4n) is 3.70. The highest BCUT2D eigenvalue weighted by Crippen LogP contribution is 2.37. The quantitative estimate of drug-likeness (QED) is 0.304. The van der Waals surface area contributed by atoms with Gasteiger partial charge in [0.2, 0.25) is 0 Å². The summed E-state index contributed by atoms with van der Waals surface area (Å²) in [5.41, 5.74) is 2.88. The van der Waals surface area contributed by atoms with Crippen molar-refractivity contribution in [2.45, 2.75) is 31.1 Å². The molecule has 0 saturated heterocycles. The molecule has 6 nitrogen and oxygen atoms in total. The zero-order valence-electron chi connectivity index (χ0n) is 19.6. The molecule has 0 radical (unpaired) electrons. The first-order valence-corrected chi connectivity index (χ1v) is 12.2. The van der Waals surface area contributed by atoms with Gasteiger partial charge < -0.3 is 10.1 Å². The van der Waals surface area contributed by atoms with Gasteiger partial charge in [-0.3, -0.25) is 9.59 Å². The third-order valence-corrected chi connectivity index (χ3v) is 6.68. The van der Waals surface area contributed by atoms with Crippen LogP contribution >= 0.6 is 11.8 Å². The van der Waals surface area contributed by atoms with E-state index in [4.69, 9.17) is 4.74 Å². The van der Waals surface area contributed by atoms with Gasteiger partial charge in [-0.2, -0.15) is 0 Å². The van der Waals surface area contributed by atoms with E-state index in [0.29, 0.717) is 21.8 Å². The van der Waals surface area contributed by atoms with Crippen LogP contribution in [0.15, 0.2) is 94.4 Å². The second kappa shape index (κ2) is 11.1. The molecule has 1 N–H and O–H groups in total. The van der Waals surface area contributed by atoms with Crippen molar-refractivity contribution < 1.29 is 19.1 Å². The van der Waals surface area contributed by atoms with E-state index in [9.17, 15) is 14.4 Å². The Kier molecular flexibility index (Phi) is 7.67. The summed E-state index contributed by atoms with van der Waals surface area (Å²) >= 11 is 1.25. The number of hydrogen-bond acceptors (Lipinski definition) is 6. The minimum absolute atomic E-state index is 0.199. The Morgan fingerprint density at radius 3 is 2.23 bits per heavy atom. The van der Waals surface area contributed by atoms with E-state index in [1.807, 2.05) is 54.6 Å². The Morgan fingerprint density at radius 1 is 0.914 bits per heavy atom. The molecule has 0 atom stereocenters. The third-order valence-electron chi connectivity index (χ3n) is 5.59. The van der Waals surface area contributed by atoms with Crippen LogP contribution in [0, 0.1) is 0 Å². The molecule has 7 heteroatoms. The number of nitrogens with one attached hydrogen (secondary N) is 1. The number of carbonyl (C=O) groups is 3. The molecule has 0 fully saturated rings. The zero-order chi connectivity index (χ0) is 24.8. The zero-order valence-corrected chi connectivity index (χ0v) is 20.4. The molecule has 178 valence electrons. The number of hydrogen-bond donors (Lipinski definition) is 1. The monoisotopic (exact) mass is 486 g/mol. The first kappa shape index (κ1) is 24.3. The largest absolute Gasteiger partial charge is 0.465 e. The first-order valence-electron chi connectivity index (χ1n) is 11.4. The lowest BCUT2D eigenvalue weighted by Gasteiger charge is -2.16. The molecule has 0 aromatic heterocycles. The number of benzene rings is 3. The van der Waals surface area contributed by atoms with Crippen LogP contribution in [0.5, 0.6) is 0 Å². The molecule has 0 saturated carbocycles. The van der Waals surface area contributed by atoms with Gasteiger partial charge >= 0.3 is 5.97 Å². The molecular formula is C28H26N2O4S. The van der Waals surface area contributed by atoms with E-state index in [2.05, 4.69) is 12.2 Å². The predicted octanol–water partition coefficient (Wildman–Crippen LogP) is 5.81. The van der Waals surface area contributed by atoms with Crippen molar-refractivity contribution in [1.29, 1.82) is 0 Å². The Balaban J connectivity index is 1.65. The number of amides is 2. The van der Waals surface area contributed by atoms with E-state index in [1.165, 1.54) is 29.3 Å². The summed E-state index contributed by atoms with van der Waals surface area (Å²) < 4.78 is 4.74. The van der Waals surface area contributed by atoms with E-state index in [-0.39, 0.29) is 11.6 Å². The van der Waals surface area contributed by atoms with Gasteiger partial charge in [-0.25, -0.2) is 9.69 Å². The first-order chi connectivity index (χ1) is 17.0. The lowest BCUT2D eigenvalue weighted by Crippen LogP contribution is -2.32. The van der Waals surface area contributed by atoms with Crippen LogP contribution in [0.1, 0.15) is 35.7 Å². The summed E-state index contributed by atoms with van der Waals surface area (Å²) in [4.78, 5) is 41.1. The summed E-state index contributed by atoms with van der Waals surface area (Å²) in [6.45, 7) is 2.14. The standard InChI is InChI=1S/C28H26N2O4S/c1-3-4-8-19-11-17-22(18-12-19)30-26(31)24(25(27(30)32)35-23-9-6-5-7-10-23)29-21-15-13-20(14-16-21)28(33)34-2/h5-7,9-18,29H,3-4,8H2,1-2H3. The molecule has 0 unspecified atom stereocenters. The topological polar surface area (TPSA) is 75.7 Å². The van der Waals surface area contributed by atoms with Crippen molar-refractivity contribution in [3.05, 3.63) is 101 Å². The number of methoxy groups -OCH3 is 1. The van der Waals surface area contributed by atoms with Crippen LogP contribution in [-0.2, 0) is 20.7 Å². The van der Waals surface area contributed by atoms with E-state index in [0.717, 1.165) is 24.2 Å². The summed E-state index contributed by atoms with van der Waals surface area (Å²) in [5.74, 6) is -1.25. The lowest BCUT2D eigenvalue weighted by molar-refractivity contribution is -0.120. The number of anilines is 2. The Bertz CT molecular complexity index is 1250. The molecule has 4 rings (SSSR count). The molecular weight excluding hydrogens is 460 g/mol. The van der Waals surface area contributed by atoms with Crippen molar-refractivity contribution in [2.75, 3.05) is 17.3 Å². The van der Waals surface area contributed by atoms with Crippen LogP contribution < -0.4 is 10.2 Å². The number of thioether (sulfide) groups is 1. The number of rotatable bonds is 9. The fourth-order valence-corrected chi connectivity index (χ4v) is 4.65. The molecule has 0 bridgehead atoms. The molecule has 1 heterocycles. The number of ether oxygens (including phenoxy) is 1. The van der Waals surface area contributed by atoms with Crippen molar-refractivity contribution >= 4 is 40.9 Å². The van der Waals surface area contributed by atoms with E-state index < -0.39 is 11.9 Å². The number of aryl methyl sites for hydroxylation is 1. The average molecular weight is 487 g/mol. The maximum Gasteiger partial charge on any atom is 0.337 e. The van der Waals surface area contributed by atoms with Crippen LogP contribution in [-0.4, -0.2) is 24.9 Å². The van der Waals surface area contributed by atoms with Crippen molar-refractivity contribution in [3.8, 4) is 0 Å². The number of nitrogens with zero attached hydrogens (tertiary/aromatic N) is 1. The SMILES string of the molecule is CCCCc1ccc(N2C(=O)C(Nc3ccc(C(=O)OC)cc3)=C(Sc3ccccc3)C2=O)cc1. The van der Waals surface area contributed by atoms with Gasteiger partial charge in [0.15, 0.2) is 0 Å².